The largest absolute Gasteiger partial charge is 0.362 e. The molecule has 0 aliphatic rings. The molecule has 0 aliphatic carbocycles. The molecule has 5 heteroatoms. The van der Waals surface area contributed by atoms with E-state index in [-0.39, 0.29) is 0 Å². The molecule has 0 aromatic heterocycles. The van der Waals surface area contributed by atoms with E-state index in [1.165, 1.54) is 0 Å². The average Bonchev–Trinajstić information content (AvgIpc) is 2.06. The molecule has 12 heavy (non-hydrogen) atoms. The lowest BCUT2D eigenvalue weighted by atomic mass is 10.8. The van der Waals surface area contributed by atoms with Crippen molar-refractivity contribution in [3.05, 3.63) is 0 Å². The van der Waals surface area contributed by atoms with Crippen LogP contribution in [0.15, 0.2) is 0 Å². The molecule has 0 radical (unpaired) electrons. The minimum Gasteiger partial charge on any atom is -0.362 e. The van der Waals surface area contributed by atoms with Crippen LogP contribution in [-0.4, -0.2) is 31.8 Å². The lowest BCUT2D eigenvalue weighted by molar-refractivity contribution is 0.133. The summed E-state index contributed by atoms with van der Waals surface area (Å²) in [6.45, 7) is 6.10. The molecule has 0 heterocycles. The molecular formula is C7H16N2O2S. The molecule has 0 amide bonds. The van der Waals surface area contributed by atoms with Crippen molar-refractivity contribution in [1.82, 2.24) is 10.6 Å². The molecule has 4 nitrogen and oxygen atoms in total. The topological polar surface area (TPSA) is 42.5 Å². The van der Waals surface area contributed by atoms with Gasteiger partial charge in [0.25, 0.3) is 0 Å². The van der Waals surface area contributed by atoms with Gasteiger partial charge in [-0.15, -0.1) is 0 Å². The lowest BCUT2D eigenvalue weighted by Gasteiger charge is -2.09. The van der Waals surface area contributed by atoms with Gasteiger partial charge in [-0.2, -0.15) is 0 Å². The van der Waals surface area contributed by atoms with E-state index in [0.717, 1.165) is 0 Å². The normalized spacial score (nSPS) is 9.50. The zero-order valence-corrected chi connectivity index (χ0v) is 8.37. The Balaban J connectivity index is 3.10. The molecule has 0 aromatic rings. The van der Waals surface area contributed by atoms with Crippen molar-refractivity contribution in [3.8, 4) is 0 Å². The third kappa shape index (κ3) is 7.71. The first-order valence-corrected chi connectivity index (χ1v) is 4.39. The number of hydrogen-bond donors (Lipinski definition) is 2. The van der Waals surface area contributed by atoms with Crippen LogP contribution in [0.25, 0.3) is 0 Å². The summed E-state index contributed by atoms with van der Waals surface area (Å²) in [5.41, 5.74) is 0. The van der Waals surface area contributed by atoms with Crippen LogP contribution in [0.1, 0.15) is 13.8 Å². The fraction of sp³-hybridized carbons (Fsp3) is 0.857. The molecule has 0 rings (SSSR count). The van der Waals surface area contributed by atoms with Crippen molar-refractivity contribution in [1.29, 1.82) is 0 Å². The monoisotopic (exact) mass is 192 g/mol. The van der Waals surface area contributed by atoms with Crippen LogP contribution >= 0.6 is 12.2 Å². The number of rotatable bonds is 6. The summed E-state index contributed by atoms with van der Waals surface area (Å²) in [4.78, 5) is 0. The number of hydrogen-bond acceptors (Lipinski definition) is 3. The van der Waals surface area contributed by atoms with Gasteiger partial charge in [-0.3, -0.25) is 0 Å². The van der Waals surface area contributed by atoms with Crippen molar-refractivity contribution in [2.75, 3.05) is 26.7 Å². The first-order valence-electron chi connectivity index (χ1n) is 3.98. The molecule has 0 saturated heterocycles. The molecule has 0 atom stereocenters. The van der Waals surface area contributed by atoms with E-state index in [9.17, 15) is 0 Å². The Bertz CT molecular complexity index is 110. The van der Waals surface area contributed by atoms with Crippen LogP contribution in [0.2, 0.25) is 0 Å². The number of thiocarbonyl (C=S) groups is 1. The molecule has 0 aliphatic heterocycles. The zero-order chi connectivity index (χ0) is 9.23. The van der Waals surface area contributed by atoms with Gasteiger partial charge in [-0.25, -0.2) is 0 Å². The summed E-state index contributed by atoms with van der Waals surface area (Å²) in [5.74, 6) is 0. The van der Waals surface area contributed by atoms with Gasteiger partial charge in [-0.1, -0.05) is 0 Å². The smallest absolute Gasteiger partial charge is 0.169 e. The predicted octanol–water partition coefficient (Wildman–Crippen LogP) is 0.438. The zero-order valence-electron chi connectivity index (χ0n) is 7.55. The lowest BCUT2D eigenvalue weighted by Crippen LogP contribution is -2.37. The maximum absolute atomic E-state index is 5.03. The summed E-state index contributed by atoms with van der Waals surface area (Å²) in [6.07, 6.45) is 0. The van der Waals surface area contributed by atoms with E-state index < -0.39 is 0 Å². The molecule has 0 aromatic carbocycles. The quantitative estimate of drug-likeness (QED) is 0.363. The van der Waals surface area contributed by atoms with Crippen LogP contribution in [-0.2, 0) is 9.47 Å². The molecule has 72 valence electrons. The summed E-state index contributed by atoms with van der Waals surface area (Å²) in [7, 11) is 0. The maximum atomic E-state index is 5.03. The van der Waals surface area contributed by atoms with Crippen molar-refractivity contribution in [2.45, 2.75) is 13.8 Å². The highest BCUT2D eigenvalue weighted by atomic mass is 32.1. The Hall–Kier alpha value is -0.390. The highest BCUT2D eigenvalue weighted by molar-refractivity contribution is 7.80. The summed E-state index contributed by atoms with van der Waals surface area (Å²) >= 11 is 4.90. The van der Waals surface area contributed by atoms with Crippen molar-refractivity contribution in [2.24, 2.45) is 0 Å². The van der Waals surface area contributed by atoms with E-state index in [1.54, 1.807) is 0 Å². The summed E-state index contributed by atoms with van der Waals surface area (Å²) in [5, 5.41) is 6.27. The molecule has 0 unspecified atom stereocenters. The molecule has 0 fully saturated rings. The Kier molecular flexibility index (Phi) is 8.42. The van der Waals surface area contributed by atoms with E-state index in [4.69, 9.17) is 21.7 Å². The van der Waals surface area contributed by atoms with Gasteiger partial charge >= 0.3 is 0 Å². The number of ether oxygens (including phenoxy) is 2. The van der Waals surface area contributed by atoms with E-state index in [2.05, 4.69) is 10.6 Å². The van der Waals surface area contributed by atoms with Crippen LogP contribution in [0, 0.1) is 0 Å². The Labute approximate surface area is 78.6 Å². The molecule has 0 bridgehead atoms. The Morgan fingerprint density at radius 2 is 1.50 bits per heavy atom. The van der Waals surface area contributed by atoms with Crippen molar-refractivity contribution < 1.29 is 9.47 Å². The fourth-order valence-corrected chi connectivity index (χ4v) is 0.618. The minimum absolute atomic E-state index is 0.439. The Morgan fingerprint density at radius 1 is 1.08 bits per heavy atom. The van der Waals surface area contributed by atoms with Gasteiger partial charge in [0.2, 0.25) is 0 Å². The first-order chi connectivity index (χ1) is 5.81. The van der Waals surface area contributed by atoms with Crippen LogP contribution < -0.4 is 10.6 Å². The van der Waals surface area contributed by atoms with Gasteiger partial charge in [0.15, 0.2) is 5.11 Å². The van der Waals surface area contributed by atoms with Crippen LogP contribution in [0.3, 0.4) is 0 Å². The summed E-state index contributed by atoms with van der Waals surface area (Å²) in [6, 6.07) is 0. The second kappa shape index (κ2) is 8.70. The molecule has 0 spiro atoms. The van der Waals surface area contributed by atoms with Crippen LogP contribution in [0.5, 0.6) is 0 Å². The summed E-state index contributed by atoms with van der Waals surface area (Å²) < 4.78 is 10.1. The number of nitrogens with one attached hydrogen (secondary N) is 2. The molecule has 2 N–H and O–H groups in total. The standard InChI is InChI=1S/C7H16N2O2S/c1-3-10-5-8-7(12)9-6-11-4-2/h3-6H2,1-2H3,(H2,8,9,12). The van der Waals surface area contributed by atoms with Crippen molar-refractivity contribution in [3.63, 3.8) is 0 Å². The third-order valence-corrected chi connectivity index (χ3v) is 1.37. The van der Waals surface area contributed by atoms with E-state index in [1.807, 2.05) is 13.8 Å². The average molecular weight is 192 g/mol. The fourth-order valence-electron chi connectivity index (χ4n) is 0.500. The van der Waals surface area contributed by atoms with Gasteiger partial charge in [-0.05, 0) is 26.1 Å². The first kappa shape index (κ1) is 11.6. The SMILES string of the molecule is CCOCNC(=S)NCOCC. The van der Waals surface area contributed by atoms with E-state index >= 15 is 0 Å². The van der Waals surface area contributed by atoms with Gasteiger partial charge in [0.05, 0.1) is 0 Å². The second-order valence-corrected chi connectivity index (χ2v) is 2.37. The van der Waals surface area contributed by atoms with Gasteiger partial charge in [0.1, 0.15) is 13.5 Å². The van der Waals surface area contributed by atoms with Crippen molar-refractivity contribution >= 4 is 17.3 Å². The molecular weight excluding hydrogens is 176 g/mol. The second-order valence-electron chi connectivity index (χ2n) is 1.96. The maximum Gasteiger partial charge on any atom is 0.169 e. The van der Waals surface area contributed by atoms with Gasteiger partial charge in [0, 0.05) is 13.2 Å². The van der Waals surface area contributed by atoms with Crippen LogP contribution in [0.4, 0.5) is 0 Å². The Morgan fingerprint density at radius 3 is 1.83 bits per heavy atom. The predicted molar refractivity (Wildman–Crippen MR) is 51.9 cm³/mol. The third-order valence-electron chi connectivity index (χ3n) is 1.08. The highest BCUT2D eigenvalue weighted by Crippen LogP contribution is 1.72. The molecule has 0 saturated carbocycles. The minimum atomic E-state index is 0.439. The van der Waals surface area contributed by atoms with E-state index in [0.29, 0.717) is 31.8 Å². The van der Waals surface area contributed by atoms with Gasteiger partial charge < -0.3 is 20.1 Å². The highest BCUT2D eigenvalue weighted by Gasteiger charge is 1.91.